The number of piperazine rings is 1. The van der Waals surface area contributed by atoms with Crippen LogP contribution in [0, 0.1) is 0 Å². The van der Waals surface area contributed by atoms with Gasteiger partial charge in [-0.25, -0.2) is 8.42 Å². The molecule has 0 bridgehead atoms. The van der Waals surface area contributed by atoms with Gasteiger partial charge in [0.25, 0.3) is 5.91 Å². The molecule has 9 heteroatoms. The first-order chi connectivity index (χ1) is 11.4. The summed E-state index contributed by atoms with van der Waals surface area (Å²) in [7, 11) is -3.52. The molecule has 0 radical (unpaired) electrons. The zero-order chi connectivity index (χ0) is 17.3. The van der Waals surface area contributed by atoms with Gasteiger partial charge in [0.1, 0.15) is 10.6 Å². The number of thioether (sulfide) groups is 1. The van der Waals surface area contributed by atoms with E-state index in [-0.39, 0.29) is 22.9 Å². The zero-order valence-electron chi connectivity index (χ0n) is 14.0. The standard InChI is InChI=1S/C15H24N4O3S2/c1-11-12(2)19(4-3-16-11)15(20)14-9-13(10-17-14)24(21,22)18-5-7-23-8-6-18/h9-12,16-17H,3-8H2,1-2H3. The lowest BCUT2D eigenvalue weighted by molar-refractivity contribution is 0.0597. The number of hydrogen-bond donors (Lipinski definition) is 2. The Labute approximate surface area is 147 Å². The van der Waals surface area contributed by atoms with Crippen molar-refractivity contribution in [1.29, 1.82) is 0 Å². The fourth-order valence-electron chi connectivity index (χ4n) is 3.08. The summed E-state index contributed by atoms with van der Waals surface area (Å²) < 4.78 is 26.9. The zero-order valence-corrected chi connectivity index (χ0v) is 15.6. The summed E-state index contributed by atoms with van der Waals surface area (Å²) in [5.74, 6) is 1.48. The SMILES string of the molecule is CC1NCCN(C(=O)c2cc(S(=O)(=O)N3CCSCC3)c[nH]2)C1C. The highest BCUT2D eigenvalue weighted by Gasteiger charge is 2.32. The lowest BCUT2D eigenvalue weighted by Gasteiger charge is -2.38. The maximum absolute atomic E-state index is 12.7. The van der Waals surface area contributed by atoms with Gasteiger partial charge >= 0.3 is 0 Å². The van der Waals surface area contributed by atoms with E-state index >= 15 is 0 Å². The van der Waals surface area contributed by atoms with E-state index in [0.717, 1.165) is 18.1 Å². The minimum absolute atomic E-state index is 0.0636. The summed E-state index contributed by atoms with van der Waals surface area (Å²) in [6.07, 6.45) is 1.43. The second-order valence-corrected chi connectivity index (χ2v) is 9.41. The van der Waals surface area contributed by atoms with Crippen LogP contribution in [-0.4, -0.2) is 78.3 Å². The molecular formula is C15H24N4O3S2. The van der Waals surface area contributed by atoms with Crippen LogP contribution in [0.15, 0.2) is 17.2 Å². The highest BCUT2D eigenvalue weighted by Crippen LogP contribution is 2.22. The van der Waals surface area contributed by atoms with Gasteiger partial charge in [-0.2, -0.15) is 16.1 Å². The van der Waals surface area contributed by atoms with Gasteiger partial charge in [0.15, 0.2) is 0 Å². The Kier molecular flexibility index (Phi) is 5.24. The largest absolute Gasteiger partial charge is 0.356 e. The monoisotopic (exact) mass is 372 g/mol. The number of H-pyrrole nitrogens is 1. The van der Waals surface area contributed by atoms with Crippen molar-refractivity contribution in [1.82, 2.24) is 19.5 Å². The lowest BCUT2D eigenvalue weighted by Crippen LogP contribution is -2.57. The Morgan fingerprint density at radius 2 is 1.96 bits per heavy atom. The number of nitrogens with zero attached hydrogens (tertiary/aromatic N) is 2. The van der Waals surface area contributed by atoms with E-state index in [1.54, 1.807) is 16.7 Å². The predicted molar refractivity (Wildman–Crippen MR) is 94.8 cm³/mol. The van der Waals surface area contributed by atoms with E-state index in [9.17, 15) is 13.2 Å². The fraction of sp³-hybridized carbons (Fsp3) is 0.667. The molecule has 2 aliphatic heterocycles. The van der Waals surface area contributed by atoms with Crippen LogP contribution >= 0.6 is 11.8 Å². The Balaban J connectivity index is 1.78. The van der Waals surface area contributed by atoms with Crippen LogP contribution in [0.1, 0.15) is 24.3 Å². The van der Waals surface area contributed by atoms with E-state index in [0.29, 0.717) is 25.3 Å². The van der Waals surface area contributed by atoms with Crippen LogP contribution in [0.2, 0.25) is 0 Å². The molecule has 24 heavy (non-hydrogen) atoms. The van der Waals surface area contributed by atoms with Crippen molar-refractivity contribution >= 4 is 27.7 Å². The number of aromatic amines is 1. The van der Waals surface area contributed by atoms with E-state index < -0.39 is 10.0 Å². The van der Waals surface area contributed by atoms with Crippen LogP contribution in [0.3, 0.4) is 0 Å². The van der Waals surface area contributed by atoms with E-state index in [2.05, 4.69) is 10.3 Å². The molecule has 3 heterocycles. The number of aromatic nitrogens is 1. The van der Waals surface area contributed by atoms with Gasteiger partial charge in [-0.05, 0) is 19.9 Å². The van der Waals surface area contributed by atoms with Crippen LogP contribution in [0.4, 0.5) is 0 Å². The summed E-state index contributed by atoms with van der Waals surface area (Å²) in [6, 6.07) is 1.75. The van der Waals surface area contributed by atoms with Crippen LogP contribution in [0.25, 0.3) is 0 Å². The molecule has 0 aliphatic carbocycles. The highest BCUT2D eigenvalue weighted by atomic mass is 32.2. The summed E-state index contributed by atoms with van der Waals surface area (Å²) in [6.45, 7) is 6.45. The van der Waals surface area contributed by atoms with Crippen LogP contribution in [-0.2, 0) is 10.0 Å². The molecule has 7 nitrogen and oxygen atoms in total. The van der Waals surface area contributed by atoms with Gasteiger partial charge in [0, 0.05) is 56.0 Å². The molecule has 1 amide bonds. The number of sulfonamides is 1. The van der Waals surface area contributed by atoms with Crippen molar-refractivity contribution < 1.29 is 13.2 Å². The fourth-order valence-corrected chi connectivity index (χ4v) is 5.65. The topological polar surface area (TPSA) is 85.5 Å². The molecule has 2 N–H and O–H groups in total. The normalized spacial score (nSPS) is 26.5. The first-order valence-corrected chi connectivity index (χ1v) is 10.8. The number of carbonyl (C=O) groups excluding carboxylic acids is 1. The Hall–Kier alpha value is -1.03. The van der Waals surface area contributed by atoms with Crippen LogP contribution in [0.5, 0.6) is 0 Å². The molecule has 0 spiro atoms. The number of carbonyl (C=O) groups is 1. The van der Waals surface area contributed by atoms with Gasteiger partial charge < -0.3 is 15.2 Å². The first kappa shape index (κ1) is 17.8. The van der Waals surface area contributed by atoms with Gasteiger partial charge in [-0.3, -0.25) is 4.79 Å². The summed E-state index contributed by atoms with van der Waals surface area (Å²) in [4.78, 5) is 17.6. The summed E-state index contributed by atoms with van der Waals surface area (Å²) >= 11 is 1.76. The predicted octanol–water partition coefficient (Wildman–Crippen LogP) is 0.575. The minimum atomic E-state index is -3.52. The third-order valence-corrected chi connectivity index (χ3v) is 7.61. The molecule has 2 unspecified atom stereocenters. The van der Waals surface area contributed by atoms with Gasteiger partial charge in [0.2, 0.25) is 10.0 Å². The molecule has 2 aliphatic rings. The molecule has 134 valence electrons. The van der Waals surface area contributed by atoms with Crippen molar-refractivity contribution in [2.24, 2.45) is 0 Å². The van der Waals surface area contributed by atoms with Crippen molar-refractivity contribution in [2.75, 3.05) is 37.7 Å². The highest BCUT2D eigenvalue weighted by molar-refractivity contribution is 7.99. The van der Waals surface area contributed by atoms with Crippen LogP contribution < -0.4 is 5.32 Å². The van der Waals surface area contributed by atoms with Gasteiger partial charge in [0.05, 0.1) is 0 Å². The average Bonchev–Trinajstić information content (AvgIpc) is 3.08. The quantitative estimate of drug-likeness (QED) is 0.810. The van der Waals surface area contributed by atoms with E-state index in [4.69, 9.17) is 0 Å². The van der Waals surface area contributed by atoms with Crippen molar-refractivity contribution in [2.45, 2.75) is 30.8 Å². The molecule has 2 saturated heterocycles. The Morgan fingerprint density at radius 3 is 2.67 bits per heavy atom. The molecular weight excluding hydrogens is 348 g/mol. The summed E-state index contributed by atoms with van der Waals surface area (Å²) in [5, 5.41) is 3.33. The van der Waals surface area contributed by atoms with Crippen molar-refractivity contribution in [3.8, 4) is 0 Å². The molecule has 1 aromatic heterocycles. The van der Waals surface area contributed by atoms with E-state index in [1.165, 1.54) is 16.6 Å². The van der Waals surface area contributed by atoms with E-state index in [1.807, 2.05) is 13.8 Å². The maximum atomic E-state index is 12.7. The minimum Gasteiger partial charge on any atom is -0.356 e. The number of amides is 1. The number of nitrogens with one attached hydrogen (secondary N) is 2. The summed E-state index contributed by atoms with van der Waals surface area (Å²) in [5.41, 5.74) is 0.334. The first-order valence-electron chi connectivity index (χ1n) is 8.22. The number of rotatable bonds is 3. The molecule has 0 aromatic carbocycles. The molecule has 1 aromatic rings. The van der Waals surface area contributed by atoms with Gasteiger partial charge in [-0.15, -0.1) is 0 Å². The lowest BCUT2D eigenvalue weighted by atomic mass is 10.1. The van der Waals surface area contributed by atoms with Crippen molar-refractivity contribution in [3.05, 3.63) is 18.0 Å². The molecule has 2 fully saturated rings. The third kappa shape index (κ3) is 3.35. The van der Waals surface area contributed by atoms with Gasteiger partial charge in [-0.1, -0.05) is 0 Å². The Bertz CT molecular complexity index is 697. The smallest absolute Gasteiger partial charge is 0.270 e. The molecule has 2 atom stereocenters. The second kappa shape index (κ2) is 7.07. The Morgan fingerprint density at radius 1 is 1.25 bits per heavy atom. The molecule has 3 rings (SSSR count). The number of hydrogen-bond acceptors (Lipinski definition) is 5. The average molecular weight is 373 g/mol. The third-order valence-electron chi connectivity index (χ3n) is 4.79. The van der Waals surface area contributed by atoms with Crippen molar-refractivity contribution in [3.63, 3.8) is 0 Å². The second-order valence-electron chi connectivity index (χ2n) is 6.25. The molecule has 0 saturated carbocycles. The maximum Gasteiger partial charge on any atom is 0.270 e.